The van der Waals surface area contributed by atoms with Crippen LogP contribution < -0.4 is 16.3 Å². The van der Waals surface area contributed by atoms with Crippen molar-refractivity contribution in [2.45, 2.75) is 5.25 Å². The Labute approximate surface area is 188 Å². The van der Waals surface area contributed by atoms with Crippen molar-refractivity contribution in [1.29, 1.82) is 0 Å². The first-order chi connectivity index (χ1) is 15.5. The molecule has 162 valence electrons. The molecular formula is C24H20N2O5S. The van der Waals surface area contributed by atoms with E-state index in [1.807, 2.05) is 36.4 Å². The summed E-state index contributed by atoms with van der Waals surface area (Å²) in [4.78, 5) is 39.3. The van der Waals surface area contributed by atoms with Gasteiger partial charge in [0.25, 0.3) is 0 Å². The molecule has 2 heterocycles. The molecule has 0 saturated carbocycles. The van der Waals surface area contributed by atoms with Crippen LogP contribution in [0.1, 0.15) is 31.7 Å². The van der Waals surface area contributed by atoms with Crippen LogP contribution in [-0.2, 0) is 14.3 Å². The highest BCUT2D eigenvalue weighted by Crippen LogP contribution is 2.39. The highest BCUT2D eigenvalue weighted by Gasteiger charge is 2.38. The standard InChI is InChI=1S/C24H20N2O5S/c1-30-23(28)19-17(25)16(13-14-9-5-3-6-10-14)18-21(24(29)31-2)32-20(22(27)26(18)19)15-11-7-4-8-12-15/h3-13,20H,25H2,1-2H3/b16-13+. The summed E-state index contributed by atoms with van der Waals surface area (Å²) in [5.41, 5.74) is 7.79. The second-order valence-electron chi connectivity index (χ2n) is 6.97. The maximum atomic E-state index is 13.6. The van der Waals surface area contributed by atoms with Crippen molar-refractivity contribution < 1.29 is 23.9 Å². The Morgan fingerprint density at radius 1 is 0.969 bits per heavy atom. The molecule has 0 saturated heterocycles. The van der Waals surface area contributed by atoms with Gasteiger partial charge < -0.3 is 15.2 Å². The van der Waals surface area contributed by atoms with Gasteiger partial charge in [-0.15, -0.1) is 0 Å². The van der Waals surface area contributed by atoms with Crippen molar-refractivity contribution in [3.63, 3.8) is 0 Å². The number of carbonyl (C=O) groups is 3. The van der Waals surface area contributed by atoms with Crippen LogP contribution in [0.5, 0.6) is 0 Å². The fourth-order valence-corrected chi connectivity index (χ4v) is 4.86. The van der Waals surface area contributed by atoms with E-state index in [0.29, 0.717) is 10.8 Å². The zero-order valence-electron chi connectivity index (χ0n) is 17.4. The van der Waals surface area contributed by atoms with Crippen molar-refractivity contribution in [3.05, 3.63) is 88.1 Å². The molecule has 1 aliphatic heterocycles. The van der Waals surface area contributed by atoms with Gasteiger partial charge in [-0.1, -0.05) is 72.4 Å². The lowest BCUT2D eigenvalue weighted by Crippen LogP contribution is -2.42. The van der Waals surface area contributed by atoms with Crippen LogP contribution in [0.3, 0.4) is 0 Å². The molecule has 0 radical (unpaired) electrons. The minimum absolute atomic E-state index is 0.0553. The lowest BCUT2D eigenvalue weighted by atomic mass is 10.1. The summed E-state index contributed by atoms with van der Waals surface area (Å²) in [7, 11) is 2.48. The number of rotatable bonds is 4. The first-order valence-electron chi connectivity index (χ1n) is 9.71. The van der Waals surface area contributed by atoms with Crippen LogP contribution in [0.25, 0.3) is 11.0 Å². The van der Waals surface area contributed by atoms with E-state index < -0.39 is 23.1 Å². The third-order valence-electron chi connectivity index (χ3n) is 5.11. The predicted molar refractivity (Wildman–Crippen MR) is 122 cm³/mol. The molecule has 0 amide bonds. The monoisotopic (exact) mass is 448 g/mol. The number of anilines is 1. The SMILES string of the molecule is COC(=O)C1=c2/c(=C/c3ccccc3)c(N)c(C(=O)OC)n2C(=O)C(c2ccccc2)S1. The Bertz CT molecular complexity index is 1330. The number of nitrogens with two attached hydrogens (primary N) is 1. The predicted octanol–water partition coefficient (Wildman–Crippen LogP) is 2.10. The van der Waals surface area contributed by atoms with Gasteiger partial charge in [-0.3, -0.25) is 9.36 Å². The van der Waals surface area contributed by atoms with Crippen molar-refractivity contribution in [3.8, 4) is 0 Å². The minimum atomic E-state index is -0.771. The topological polar surface area (TPSA) is 101 Å². The van der Waals surface area contributed by atoms with E-state index in [-0.39, 0.29) is 21.6 Å². The average molecular weight is 449 g/mol. The highest BCUT2D eigenvalue weighted by molar-refractivity contribution is 8.10. The molecule has 32 heavy (non-hydrogen) atoms. The quantitative estimate of drug-likeness (QED) is 0.610. The summed E-state index contributed by atoms with van der Waals surface area (Å²) in [6.45, 7) is 0. The number of aromatic nitrogens is 1. The van der Waals surface area contributed by atoms with E-state index in [2.05, 4.69) is 0 Å². The second kappa shape index (κ2) is 8.76. The third kappa shape index (κ3) is 3.58. The zero-order chi connectivity index (χ0) is 22.8. The Balaban J connectivity index is 2.12. The Morgan fingerprint density at radius 3 is 2.16 bits per heavy atom. The number of carbonyl (C=O) groups excluding carboxylic acids is 3. The molecule has 2 N–H and O–H groups in total. The molecule has 1 aromatic heterocycles. The summed E-state index contributed by atoms with van der Waals surface area (Å²) in [5, 5.41) is -0.164. The molecule has 8 heteroatoms. The van der Waals surface area contributed by atoms with Crippen molar-refractivity contribution in [2.75, 3.05) is 20.0 Å². The van der Waals surface area contributed by atoms with Gasteiger partial charge in [-0.05, 0) is 17.2 Å². The number of ether oxygens (including phenoxy) is 2. The van der Waals surface area contributed by atoms with Gasteiger partial charge in [0.05, 0.1) is 25.3 Å². The summed E-state index contributed by atoms with van der Waals surface area (Å²) < 4.78 is 11.1. The van der Waals surface area contributed by atoms with E-state index in [9.17, 15) is 14.4 Å². The Hall–Kier alpha value is -3.78. The maximum Gasteiger partial charge on any atom is 0.357 e. The van der Waals surface area contributed by atoms with Crippen molar-refractivity contribution >= 4 is 46.3 Å². The average Bonchev–Trinajstić information content (AvgIpc) is 3.12. The number of benzene rings is 2. The van der Waals surface area contributed by atoms with Gasteiger partial charge in [0, 0.05) is 5.22 Å². The smallest absolute Gasteiger partial charge is 0.357 e. The van der Waals surface area contributed by atoms with E-state index in [0.717, 1.165) is 17.3 Å². The lowest BCUT2D eigenvalue weighted by Gasteiger charge is -2.23. The Morgan fingerprint density at radius 2 is 1.56 bits per heavy atom. The van der Waals surface area contributed by atoms with Crippen LogP contribution in [0, 0.1) is 0 Å². The number of hydrogen-bond acceptors (Lipinski definition) is 7. The zero-order valence-corrected chi connectivity index (χ0v) is 18.2. The number of nitrogen functional groups attached to an aromatic ring is 1. The van der Waals surface area contributed by atoms with Crippen molar-refractivity contribution in [2.24, 2.45) is 0 Å². The first kappa shape index (κ1) is 21.5. The molecule has 3 aromatic rings. The second-order valence-corrected chi connectivity index (χ2v) is 8.09. The number of fused-ring (bicyclic) bond motifs is 1. The van der Waals surface area contributed by atoms with E-state index >= 15 is 0 Å². The van der Waals surface area contributed by atoms with Gasteiger partial charge in [0.15, 0.2) is 5.69 Å². The van der Waals surface area contributed by atoms with E-state index in [4.69, 9.17) is 15.2 Å². The molecule has 4 rings (SSSR count). The van der Waals surface area contributed by atoms with Crippen molar-refractivity contribution in [1.82, 2.24) is 4.57 Å². The molecule has 1 atom stereocenters. The van der Waals surface area contributed by atoms with E-state index in [1.165, 1.54) is 18.8 Å². The summed E-state index contributed by atoms with van der Waals surface area (Å²) in [6.07, 6.45) is 1.73. The van der Waals surface area contributed by atoms with E-state index in [1.54, 1.807) is 30.3 Å². The van der Waals surface area contributed by atoms with Gasteiger partial charge in [0.1, 0.15) is 10.2 Å². The maximum absolute atomic E-state index is 13.6. The molecule has 0 fully saturated rings. The molecule has 0 spiro atoms. The molecular weight excluding hydrogens is 428 g/mol. The molecule has 1 unspecified atom stereocenters. The fraction of sp³-hybridized carbons (Fsp3) is 0.125. The van der Waals surface area contributed by atoms with Crippen LogP contribution >= 0.6 is 11.8 Å². The molecule has 0 bridgehead atoms. The highest BCUT2D eigenvalue weighted by atomic mass is 32.2. The minimum Gasteiger partial charge on any atom is -0.465 e. The fourth-order valence-electron chi connectivity index (χ4n) is 3.63. The van der Waals surface area contributed by atoms with Crippen LogP contribution in [-0.4, -0.2) is 36.6 Å². The molecule has 7 nitrogen and oxygen atoms in total. The third-order valence-corrected chi connectivity index (χ3v) is 6.41. The first-order valence-corrected chi connectivity index (χ1v) is 10.6. The number of hydrogen-bond donors (Lipinski definition) is 1. The summed E-state index contributed by atoms with van der Waals surface area (Å²) in [6, 6.07) is 18.3. The Kier molecular flexibility index (Phi) is 5.87. The summed E-state index contributed by atoms with van der Waals surface area (Å²) >= 11 is 1.08. The van der Waals surface area contributed by atoms with Gasteiger partial charge >= 0.3 is 11.9 Å². The normalized spacial score (nSPS) is 15.9. The van der Waals surface area contributed by atoms with Gasteiger partial charge in [-0.25, -0.2) is 9.59 Å². The number of thioether (sulfide) groups is 1. The summed E-state index contributed by atoms with van der Waals surface area (Å²) in [5.74, 6) is -1.79. The lowest BCUT2D eigenvalue weighted by molar-refractivity contribution is -0.133. The number of methoxy groups -OCH3 is 2. The number of esters is 2. The van der Waals surface area contributed by atoms with Crippen LogP contribution in [0.2, 0.25) is 0 Å². The molecule has 0 aliphatic carbocycles. The number of nitrogens with zero attached hydrogens (tertiary/aromatic N) is 1. The van der Waals surface area contributed by atoms with Crippen LogP contribution in [0.15, 0.2) is 60.7 Å². The van der Waals surface area contributed by atoms with Gasteiger partial charge in [-0.2, -0.15) is 0 Å². The van der Waals surface area contributed by atoms with Gasteiger partial charge in [0.2, 0.25) is 5.91 Å². The van der Waals surface area contributed by atoms with Crippen LogP contribution in [0.4, 0.5) is 5.69 Å². The molecule has 1 aliphatic rings. The molecule has 2 aromatic carbocycles. The largest absolute Gasteiger partial charge is 0.465 e.